The average molecular weight is 267 g/mol. The summed E-state index contributed by atoms with van der Waals surface area (Å²) in [5.41, 5.74) is -0.0728. The van der Waals surface area contributed by atoms with E-state index >= 15 is 0 Å². The zero-order valence-electron chi connectivity index (χ0n) is 11.1. The van der Waals surface area contributed by atoms with Crippen molar-refractivity contribution >= 4 is 5.78 Å². The van der Waals surface area contributed by atoms with Crippen LogP contribution in [0, 0.1) is 18.6 Å². The van der Waals surface area contributed by atoms with Crippen molar-refractivity contribution in [3.05, 3.63) is 34.9 Å². The second kappa shape index (κ2) is 6.24. The first-order chi connectivity index (χ1) is 9.09. The molecule has 1 saturated heterocycles. The summed E-state index contributed by atoms with van der Waals surface area (Å²) in [6.07, 6.45) is 4.18. The fourth-order valence-corrected chi connectivity index (χ4v) is 2.51. The van der Waals surface area contributed by atoms with Crippen LogP contribution in [0.4, 0.5) is 8.78 Å². The average Bonchev–Trinajstić information content (AvgIpc) is 2.42. The molecule has 1 fully saturated rings. The molecule has 0 bridgehead atoms. The number of halogens is 2. The van der Waals surface area contributed by atoms with Crippen molar-refractivity contribution in [3.8, 4) is 0 Å². The smallest absolute Gasteiger partial charge is 0.168 e. The topological polar surface area (TPSA) is 29.1 Å². The van der Waals surface area contributed by atoms with E-state index in [-0.39, 0.29) is 12.0 Å². The maximum Gasteiger partial charge on any atom is 0.168 e. The van der Waals surface area contributed by atoms with Gasteiger partial charge in [0, 0.05) is 12.5 Å². The first-order valence-corrected chi connectivity index (χ1v) is 6.81. The van der Waals surface area contributed by atoms with Gasteiger partial charge in [-0.05, 0) is 44.4 Å². The van der Waals surface area contributed by atoms with Crippen LogP contribution >= 0.6 is 0 Å². The molecule has 0 amide bonds. The third-order valence-electron chi connectivity index (χ3n) is 3.70. The highest BCUT2D eigenvalue weighted by molar-refractivity contribution is 5.96. The Morgan fingerprint density at radius 2 is 2.16 bits per heavy atom. The molecule has 4 heteroatoms. The molecule has 1 unspecified atom stereocenters. The second-order valence-electron chi connectivity index (χ2n) is 5.16. The first-order valence-electron chi connectivity index (χ1n) is 6.81. The SMILES string of the molecule is Cc1ccc(F)c(C(=O)CCC2CCCCN2)c1F. The van der Waals surface area contributed by atoms with Crippen LogP contribution in [-0.4, -0.2) is 18.4 Å². The van der Waals surface area contributed by atoms with Gasteiger partial charge in [-0.25, -0.2) is 8.78 Å². The Bertz CT molecular complexity index is 467. The molecule has 1 aromatic rings. The second-order valence-corrected chi connectivity index (χ2v) is 5.16. The highest BCUT2D eigenvalue weighted by Crippen LogP contribution is 2.20. The van der Waals surface area contributed by atoms with Gasteiger partial charge in [-0.15, -0.1) is 0 Å². The number of nitrogens with one attached hydrogen (secondary N) is 1. The van der Waals surface area contributed by atoms with Crippen molar-refractivity contribution in [2.45, 2.75) is 45.1 Å². The maximum atomic E-state index is 13.8. The number of benzene rings is 1. The summed E-state index contributed by atoms with van der Waals surface area (Å²) in [7, 11) is 0. The van der Waals surface area contributed by atoms with Crippen LogP contribution in [0.2, 0.25) is 0 Å². The largest absolute Gasteiger partial charge is 0.314 e. The Morgan fingerprint density at radius 1 is 1.37 bits per heavy atom. The molecule has 1 aliphatic heterocycles. The number of carbonyl (C=O) groups is 1. The Morgan fingerprint density at radius 3 is 2.84 bits per heavy atom. The summed E-state index contributed by atoms with van der Waals surface area (Å²) in [4.78, 5) is 12.0. The fraction of sp³-hybridized carbons (Fsp3) is 0.533. The lowest BCUT2D eigenvalue weighted by Crippen LogP contribution is -2.34. The molecular weight excluding hydrogens is 248 g/mol. The van der Waals surface area contributed by atoms with Crippen LogP contribution in [0.5, 0.6) is 0 Å². The molecule has 0 saturated carbocycles. The highest BCUT2D eigenvalue weighted by atomic mass is 19.1. The predicted molar refractivity (Wildman–Crippen MR) is 70.3 cm³/mol. The van der Waals surface area contributed by atoms with Crippen LogP contribution in [-0.2, 0) is 0 Å². The van der Waals surface area contributed by atoms with E-state index in [4.69, 9.17) is 0 Å². The van der Waals surface area contributed by atoms with E-state index in [1.165, 1.54) is 13.0 Å². The minimum Gasteiger partial charge on any atom is -0.314 e. The van der Waals surface area contributed by atoms with Crippen LogP contribution in [0.3, 0.4) is 0 Å². The molecule has 1 heterocycles. The number of hydrogen-bond acceptors (Lipinski definition) is 2. The van der Waals surface area contributed by atoms with Crippen molar-refractivity contribution in [1.82, 2.24) is 5.32 Å². The number of ketones is 1. The van der Waals surface area contributed by atoms with E-state index in [9.17, 15) is 13.6 Å². The predicted octanol–water partition coefficient (Wildman–Crippen LogP) is 3.38. The van der Waals surface area contributed by atoms with E-state index in [0.717, 1.165) is 31.9 Å². The molecule has 0 radical (unpaired) electrons. The van der Waals surface area contributed by atoms with E-state index < -0.39 is 17.4 Å². The molecule has 1 aliphatic rings. The lowest BCUT2D eigenvalue weighted by molar-refractivity contribution is 0.0966. The Kier molecular flexibility index (Phi) is 4.64. The van der Waals surface area contributed by atoms with Gasteiger partial charge < -0.3 is 5.32 Å². The first kappa shape index (κ1) is 14.1. The third kappa shape index (κ3) is 3.38. The molecular formula is C15H19F2NO. The number of hydrogen-bond donors (Lipinski definition) is 1. The lowest BCUT2D eigenvalue weighted by atomic mass is 9.96. The standard InChI is InChI=1S/C15H19F2NO/c1-10-5-7-12(16)14(15(10)17)13(19)8-6-11-4-2-3-9-18-11/h5,7,11,18H,2-4,6,8-9H2,1H3. The van der Waals surface area contributed by atoms with Gasteiger partial charge in [0.1, 0.15) is 11.6 Å². The van der Waals surface area contributed by atoms with Gasteiger partial charge in [-0.2, -0.15) is 0 Å². The van der Waals surface area contributed by atoms with Crippen molar-refractivity contribution in [2.75, 3.05) is 6.54 Å². The Hall–Kier alpha value is -1.29. The van der Waals surface area contributed by atoms with Gasteiger partial charge in [0.05, 0.1) is 5.56 Å². The fourth-order valence-electron chi connectivity index (χ4n) is 2.51. The summed E-state index contributed by atoms with van der Waals surface area (Å²) >= 11 is 0. The third-order valence-corrected chi connectivity index (χ3v) is 3.70. The summed E-state index contributed by atoms with van der Waals surface area (Å²) in [5.74, 6) is -1.92. The molecule has 2 rings (SSSR count). The quantitative estimate of drug-likeness (QED) is 0.847. The molecule has 104 valence electrons. The minimum atomic E-state index is -0.760. The van der Waals surface area contributed by atoms with Crippen LogP contribution < -0.4 is 5.32 Å². The summed E-state index contributed by atoms with van der Waals surface area (Å²) in [5, 5.41) is 3.33. The number of Topliss-reactive ketones (excluding diaryl/α,β-unsaturated/α-hetero) is 1. The molecule has 1 aromatic carbocycles. The van der Waals surface area contributed by atoms with Gasteiger partial charge in [0.2, 0.25) is 0 Å². The Balaban J connectivity index is 2.01. The summed E-state index contributed by atoms with van der Waals surface area (Å²) in [6.45, 7) is 2.50. The van der Waals surface area contributed by atoms with Crippen LogP contribution in [0.1, 0.15) is 48.0 Å². The number of rotatable bonds is 4. The van der Waals surface area contributed by atoms with Crippen molar-refractivity contribution in [3.63, 3.8) is 0 Å². The molecule has 0 aliphatic carbocycles. The Labute approximate surface area is 112 Å². The number of carbonyl (C=O) groups excluding carboxylic acids is 1. The zero-order chi connectivity index (χ0) is 13.8. The van der Waals surface area contributed by atoms with Crippen LogP contribution in [0.15, 0.2) is 12.1 Å². The normalized spacial score (nSPS) is 19.4. The highest BCUT2D eigenvalue weighted by Gasteiger charge is 2.20. The molecule has 1 N–H and O–H groups in total. The zero-order valence-corrected chi connectivity index (χ0v) is 11.1. The van der Waals surface area contributed by atoms with Gasteiger partial charge in [0.15, 0.2) is 5.78 Å². The van der Waals surface area contributed by atoms with Crippen molar-refractivity contribution < 1.29 is 13.6 Å². The molecule has 0 spiro atoms. The van der Waals surface area contributed by atoms with Crippen molar-refractivity contribution in [2.24, 2.45) is 0 Å². The minimum absolute atomic E-state index is 0.189. The van der Waals surface area contributed by atoms with E-state index in [2.05, 4.69) is 5.32 Å². The van der Waals surface area contributed by atoms with Gasteiger partial charge in [-0.1, -0.05) is 12.5 Å². The van der Waals surface area contributed by atoms with Gasteiger partial charge in [-0.3, -0.25) is 4.79 Å². The monoisotopic (exact) mass is 267 g/mol. The lowest BCUT2D eigenvalue weighted by Gasteiger charge is -2.23. The summed E-state index contributed by atoms with van der Waals surface area (Å²) in [6, 6.07) is 2.81. The number of aryl methyl sites for hydroxylation is 1. The molecule has 0 aromatic heterocycles. The molecule has 2 nitrogen and oxygen atoms in total. The van der Waals surface area contributed by atoms with Gasteiger partial charge in [0.25, 0.3) is 0 Å². The molecule has 1 atom stereocenters. The molecule has 19 heavy (non-hydrogen) atoms. The van der Waals surface area contributed by atoms with E-state index in [1.54, 1.807) is 0 Å². The van der Waals surface area contributed by atoms with Crippen molar-refractivity contribution in [1.29, 1.82) is 0 Å². The maximum absolute atomic E-state index is 13.8. The number of piperidine rings is 1. The van der Waals surface area contributed by atoms with E-state index in [0.29, 0.717) is 18.0 Å². The van der Waals surface area contributed by atoms with E-state index in [1.807, 2.05) is 0 Å². The van der Waals surface area contributed by atoms with Gasteiger partial charge >= 0.3 is 0 Å². The summed E-state index contributed by atoms with van der Waals surface area (Å²) < 4.78 is 27.4. The van der Waals surface area contributed by atoms with Crippen LogP contribution in [0.25, 0.3) is 0 Å².